The minimum Gasteiger partial charge on any atom is -0.315 e. The minimum atomic E-state index is -0.655. The van der Waals surface area contributed by atoms with E-state index in [-0.39, 0.29) is 63.9 Å². The summed E-state index contributed by atoms with van der Waals surface area (Å²) in [4.78, 5) is 62.9. The molecule has 4 rings (SSSR count). The molecular formula is C49H66FNO5S. The summed E-state index contributed by atoms with van der Waals surface area (Å²) >= 11 is 5.23. The van der Waals surface area contributed by atoms with Crippen molar-refractivity contribution in [3.05, 3.63) is 101 Å². The van der Waals surface area contributed by atoms with Gasteiger partial charge in [-0.1, -0.05) is 134 Å². The van der Waals surface area contributed by atoms with Crippen molar-refractivity contribution in [2.24, 2.45) is 21.7 Å². The summed E-state index contributed by atoms with van der Waals surface area (Å²) in [5, 5.41) is 0. The monoisotopic (exact) mass is 799 g/mol. The predicted molar refractivity (Wildman–Crippen MR) is 235 cm³/mol. The molecule has 8 heteroatoms. The lowest BCUT2D eigenvalue weighted by molar-refractivity contribution is -0.135. The van der Waals surface area contributed by atoms with Gasteiger partial charge in [0.15, 0.2) is 5.78 Å². The van der Waals surface area contributed by atoms with Crippen molar-refractivity contribution in [1.29, 1.82) is 0 Å². The highest BCUT2D eigenvalue weighted by Crippen LogP contribution is 2.50. The molecule has 0 bridgehead atoms. The number of rotatable bonds is 14. The molecule has 0 atom stereocenters. The summed E-state index contributed by atoms with van der Waals surface area (Å²) in [6, 6.07) is 21.8. The first-order valence-corrected chi connectivity index (χ1v) is 20.3. The van der Waals surface area contributed by atoms with Crippen LogP contribution in [0.5, 0.6) is 0 Å². The Morgan fingerprint density at radius 2 is 1.14 bits per heavy atom. The van der Waals surface area contributed by atoms with Crippen molar-refractivity contribution in [3.63, 3.8) is 0 Å². The average Bonchev–Trinajstić information content (AvgIpc) is 3.87. The van der Waals surface area contributed by atoms with Gasteiger partial charge in [-0.2, -0.15) is 0 Å². The van der Waals surface area contributed by atoms with Crippen LogP contribution < -0.4 is 4.90 Å². The van der Waals surface area contributed by atoms with E-state index in [0.717, 1.165) is 40.9 Å². The van der Waals surface area contributed by atoms with Crippen LogP contribution in [0.3, 0.4) is 0 Å². The molecule has 0 spiro atoms. The van der Waals surface area contributed by atoms with Crippen molar-refractivity contribution < 1.29 is 28.4 Å². The highest BCUT2D eigenvalue weighted by atomic mass is 32.1. The molecule has 1 aliphatic rings. The second-order valence-corrected chi connectivity index (χ2v) is 19.9. The Kier molecular flexibility index (Phi) is 18.1. The fourth-order valence-corrected chi connectivity index (χ4v) is 6.81. The van der Waals surface area contributed by atoms with Crippen molar-refractivity contribution >= 4 is 51.8 Å². The third kappa shape index (κ3) is 19.2. The fraction of sp³-hybridized carbons (Fsp3) is 0.510. The maximum atomic E-state index is 13.0. The van der Waals surface area contributed by atoms with Crippen LogP contribution in [-0.2, 0) is 36.8 Å². The minimum absolute atomic E-state index is 0.00328. The second kappa shape index (κ2) is 21.0. The first kappa shape index (κ1) is 49.0. The zero-order valence-corrected chi connectivity index (χ0v) is 37.4. The van der Waals surface area contributed by atoms with E-state index in [2.05, 4.69) is 20.8 Å². The number of ketones is 4. The molecule has 0 N–H and O–H groups in total. The maximum absolute atomic E-state index is 13.0. The van der Waals surface area contributed by atoms with E-state index < -0.39 is 5.41 Å². The van der Waals surface area contributed by atoms with Gasteiger partial charge in [0.2, 0.25) is 5.91 Å². The molecule has 1 saturated carbocycles. The number of amides is 1. The van der Waals surface area contributed by atoms with Crippen molar-refractivity contribution in [1.82, 2.24) is 0 Å². The zero-order valence-electron chi connectivity index (χ0n) is 36.6. The Balaban J connectivity index is 0.000000296. The number of hydrogen-bond acceptors (Lipinski definition) is 6. The molecular weight excluding hydrogens is 734 g/mol. The molecule has 1 aliphatic carbocycles. The Labute approximate surface area is 347 Å². The lowest BCUT2D eigenvalue weighted by atomic mass is 9.81. The molecule has 57 heavy (non-hydrogen) atoms. The van der Waals surface area contributed by atoms with Crippen LogP contribution in [-0.4, -0.2) is 41.0 Å². The summed E-state index contributed by atoms with van der Waals surface area (Å²) in [5.41, 5.74) is 4.21. The molecule has 3 aromatic carbocycles. The number of aryl methyl sites for hydroxylation is 2. The lowest BCUT2D eigenvalue weighted by Crippen LogP contribution is -2.30. The number of benzene rings is 3. The van der Waals surface area contributed by atoms with Gasteiger partial charge >= 0.3 is 0 Å². The molecule has 0 saturated heterocycles. The Morgan fingerprint density at radius 1 is 0.632 bits per heavy atom. The van der Waals surface area contributed by atoms with E-state index in [1.165, 1.54) is 17.7 Å². The fourth-order valence-electron chi connectivity index (χ4n) is 6.21. The third-order valence-electron chi connectivity index (χ3n) is 9.28. The summed E-state index contributed by atoms with van der Waals surface area (Å²) < 4.78 is 13.0. The van der Waals surface area contributed by atoms with Crippen LogP contribution in [0.15, 0.2) is 72.8 Å². The lowest BCUT2D eigenvalue weighted by Gasteiger charge is -2.21. The Morgan fingerprint density at radius 3 is 1.61 bits per heavy atom. The molecule has 6 nitrogen and oxygen atoms in total. The summed E-state index contributed by atoms with van der Waals surface area (Å²) in [6.45, 7) is 22.4. The summed E-state index contributed by atoms with van der Waals surface area (Å²) in [6.07, 6.45) is 4.09. The van der Waals surface area contributed by atoms with Crippen molar-refractivity contribution in [3.8, 4) is 0 Å². The highest BCUT2D eigenvalue weighted by molar-refractivity contribution is 7.80. The van der Waals surface area contributed by atoms with E-state index in [1.807, 2.05) is 104 Å². The topological polar surface area (TPSA) is 88.6 Å². The van der Waals surface area contributed by atoms with E-state index >= 15 is 0 Å². The van der Waals surface area contributed by atoms with Crippen LogP contribution in [0.4, 0.5) is 10.1 Å². The molecule has 1 amide bonds. The molecule has 0 radical (unpaired) electrons. The van der Waals surface area contributed by atoms with Gasteiger partial charge < -0.3 is 4.90 Å². The molecule has 0 unspecified atom stereocenters. The molecule has 0 aromatic heterocycles. The largest absolute Gasteiger partial charge is 0.315 e. The van der Waals surface area contributed by atoms with Gasteiger partial charge in [-0.25, -0.2) is 4.39 Å². The van der Waals surface area contributed by atoms with Crippen LogP contribution >= 0.6 is 12.2 Å². The van der Waals surface area contributed by atoms with Crippen molar-refractivity contribution in [2.75, 3.05) is 11.9 Å². The van der Waals surface area contributed by atoms with Gasteiger partial charge in [0.25, 0.3) is 0 Å². The standard InChI is InChI=1S/C18H24O2.C16H23NO2.C15H19FOS/c1-13-5-7-14(8-6-13)11-15(19)18(9-10-18)16(20)12-17(2,3)4;1-12-6-8-13(9-7-12)17(5)15(19)10-14(18)11-16(2,3)4;1-15(2,3)10-14(18)9-13(17)8-11-5-4-6-12(16)7-11/h5-8H,9-12H2,1-4H3;6-9H,10-11H2,1-5H3;4-7H,8-10H2,1-3H3. The van der Waals surface area contributed by atoms with Gasteiger partial charge in [0.05, 0.1) is 11.8 Å². The van der Waals surface area contributed by atoms with Crippen molar-refractivity contribution in [2.45, 2.75) is 134 Å². The summed E-state index contributed by atoms with van der Waals surface area (Å²) in [7, 11) is 1.71. The van der Waals surface area contributed by atoms with Crippen LogP contribution in [0, 0.1) is 41.3 Å². The van der Waals surface area contributed by atoms with Gasteiger partial charge in [-0.15, -0.1) is 0 Å². The zero-order chi connectivity index (χ0) is 43.4. The normalized spacial score (nSPS) is 13.2. The highest BCUT2D eigenvalue weighted by Gasteiger charge is 2.55. The molecule has 3 aromatic rings. The van der Waals surface area contributed by atoms with Gasteiger partial charge in [0.1, 0.15) is 23.2 Å². The van der Waals surface area contributed by atoms with Crippen LogP contribution in [0.1, 0.15) is 130 Å². The number of thiocarbonyl (C=S) groups is 1. The summed E-state index contributed by atoms with van der Waals surface area (Å²) in [5.74, 6) is -0.167. The second-order valence-electron chi connectivity index (χ2n) is 19.4. The van der Waals surface area contributed by atoms with Crippen LogP contribution in [0.2, 0.25) is 0 Å². The first-order chi connectivity index (χ1) is 26.2. The maximum Gasteiger partial charge on any atom is 0.234 e. The number of carbonyl (C=O) groups is 5. The van der Waals surface area contributed by atoms with E-state index in [1.54, 1.807) is 24.1 Å². The number of anilines is 1. The predicted octanol–water partition coefficient (Wildman–Crippen LogP) is 11.4. The number of Topliss-reactive ketones (excluding diaryl/α,β-unsaturated/α-hetero) is 4. The SMILES string of the molecule is CC(C)(C)CC(=S)CC(=O)Cc1cccc(F)c1.Cc1ccc(CC(=O)C2(C(=O)CC(C)(C)C)CC2)cc1.Cc1ccc(N(C)C(=O)CC(=O)CC(C)(C)C)cc1. The number of carbonyl (C=O) groups excluding carboxylic acids is 5. The van der Waals surface area contributed by atoms with Gasteiger partial charge in [-0.3, -0.25) is 24.0 Å². The Bertz CT molecular complexity index is 1850. The molecule has 1 fully saturated rings. The average molecular weight is 800 g/mol. The third-order valence-corrected chi connectivity index (χ3v) is 9.57. The quantitative estimate of drug-likeness (QED) is 0.119. The van der Waals surface area contributed by atoms with Crippen LogP contribution in [0.25, 0.3) is 0 Å². The first-order valence-electron chi connectivity index (χ1n) is 19.9. The number of hydrogen-bond donors (Lipinski definition) is 0. The van der Waals surface area contributed by atoms with E-state index in [9.17, 15) is 28.4 Å². The van der Waals surface area contributed by atoms with Gasteiger partial charge in [0, 0.05) is 49.7 Å². The van der Waals surface area contributed by atoms with Gasteiger partial charge in [-0.05, 0) is 84.7 Å². The van der Waals surface area contributed by atoms with E-state index in [4.69, 9.17) is 12.2 Å². The molecule has 310 valence electrons. The smallest absolute Gasteiger partial charge is 0.234 e. The van der Waals surface area contributed by atoms with E-state index in [0.29, 0.717) is 31.2 Å². The molecule has 0 heterocycles. The molecule has 0 aliphatic heterocycles. The Hall–Kier alpha value is -4.17. The number of nitrogens with zero attached hydrogens (tertiary/aromatic N) is 1. The number of halogens is 1.